The number of rotatable bonds is 6. The Bertz CT molecular complexity index is 1380. The number of aromatic nitrogens is 2. The molecule has 2 aromatic carbocycles. The summed E-state index contributed by atoms with van der Waals surface area (Å²) in [6.07, 6.45) is 0. The minimum Gasteiger partial charge on any atom is -0.347 e. The first kappa shape index (κ1) is 22.2. The van der Waals surface area contributed by atoms with Crippen molar-refractivity contribution in [2.45, 2.75) is 38.0 Å². The number of hydrogen-bond donors (Lipinski definition) is 2. The predicted octanol–water partition coefficient (Wildman–Crippen LogP) is 5.27. The average Bonchev–Trinajstić information content (AvgIpc) is 3.09. The molecule has 0 aliphatic carbocycles. The van der Waals surface area contributed by atoms with Crippen LogP contribution in [0.25, 0.3) is 10.2 Å². The largest absolute Gasteiger partial charge is 0.347 e. The zero-order valence-electron chi connectivity index (χ0n) is 17.9. The molecule has 0 radical (unpaired) electrons. The molecule has 0 fully saturated rings. The first-order chi connectivity index (χ1) is 15.3. The molecule has 0 atom stereocenters. The van der Waals surface area contributed by atoms with E-state index in [1.165, 1.54) is 34.6 Å². The highest BCUT2D eigenvalue weighted by molar-refractivity contribution is 7.98. The second-order valence-corrected chi connectivity index (χ2v) is 9.64. The normalized spacial score (nSPS) is 11.1. The maximum Gasteiger partial charge on any atom is 0.261 e. The van der Waals surface area contributed by atoms with Crippen LogP contribution in [0.4, 0.5) is 4.39 Å². The van der Waals surface area contributed by atoms with Crippen molar-refractivity contribution >= 4 is 39.2 Å². The number of aryl methyl sites for hydroxylation is 3. The third-order valence-electron chi connectivity index (χ3n) is 5.11. The summed E-state index contributed by atoms with van der Waals surface area (Å²) in [7, 11) is 0. The van der Waals surface area contributed by atoms with E-state index in [1.54, 1.807) is 30.8 Å². The van der Waals surface area contributed by atoms with Crippen LogP contribution in [0.3, 0.4) is 0 Å². The second kappa shape index (κ2) is 9.26. The maximum atomic E-state index is 13.4. The fourth-order valence-corrected chi connectivity index (χ4v) is 5.50. The van der Waals surface area contributed by atoms with Crippen LogP contribution in [-0.2, 0) is 12.3 Å². The molecule has 2 aromatic heterocycles. The highest BCUT2D eigenvalue weighted by atomic mass is 32.2. The Balaban J connectivity index is 1.55. The third kappa shape index (κ3) is 4.76. The van der Waals surface area contributed by atoms with Crippen LogP contribution in [0.5, 0.6) is 0 Å². The summed E-state index contributed by atoms with van der Waals surface area (Å²) in [5, 5.41) is 3.23. The summed E-state index contributed by atoms with van der Waals surface area (Å²) in [4.78, 5) is 35.1. The van der Waals surface area contributed by atoms with Crippen molar-refractivity contribution in [1.82, 2.24) is 15.3 Å². The highest BCUT2D eigenvalue weighted by Crippen LogP contribution is 2.29. The number of fused-ring (bicyclic) bond motifs is 1. The molecule has 1 amide bonds. The van der Waals surface area contributed by atoms with Crippen LogP contribution < -0.4 is 10.9 Å². The molecule has 4 aromatic rings. The number of nitrogens with one attached hydrogen (secondary N) is 2. The van der Waals surface area contributed by atoms with Crippen molar-refractivity contribution in [3.05, 3.63) is 91.6 Å². The van der Waals surface area contributed by atoms with E-state index in [2.05, 4.69) is 40.4 Å². The van der Waals surface area contributed by atoms with Crippen molar-refractivity contribution in [1.29, 1.82) is 0 Å². The van der Waals surface area contributed by atoms with Crippen LogP contribution in [0, 0.1) is 26.6 Å². The lowest BCUT2D eigenvalue weighted by Gasteiger charge is -2.06. The Hall–Kier alpha value is -2.97. The molecule has 164 valence electrons. The number of benzene rings is 2. The molecule has 8 heteroatoms. The van der Waals surface area contributed by atoms with E-state index in [0.717, 1.165) is 4.90 Å². The smallest absolute Gasteiger partial charge is 0.261 e. The number of thioether (sulfide) groups is 1. The van der Waals surface area contributed by atoms with E-state index >= 15 is 0 Å². The Labute approximate surface area is 193 Å². The summed E-state index contributed by atoms with van der Waals surface area (Å²) in [6, 6.07) is 12.3. The fourth-order valence-electron chi connectivity index (χ4n) is 3.39. The molecule has 0 bridgehead atoms. The summed E-state index contributed by atoms with van der Waals surface area (Å²) >= 11 is 2.82. The van der Waals surface area contributed by atoms with E-state index < -0.39 is 0 Å². The molecule has 0 saturated heterocycles. The lowest BCUT2D eigenvalue weighted by Crippen LogP contribution is -2.22. The topological polar surface area (TPSA) is 74.8 Å². The van der Waals surface area contributed by atoms with E-state index in [1.807, 2.05) is 6.92 Å². The summed E-state index contributed by atoms with van der Waals surface area (Å²) in [5.41, 5.74) is 3.37. The SMILES string of the molecule is Cc1ccc(C)c(SCc2nc3sc(C(=O)NCc4cccc(F)c4)c(C)c3c(=O)[nH]2)c1. The van der Waals surface area contributed by atoms with Gasteiger partial charge in [0.05, 0.1) is 16.0 Å². The minimum atomic E-state index is -0.350. The maximum absolute atomic E-state index is 13.4. The van der Waals surface area contributed by atoms with E-state index in [-0.39, 0.29) is 23.8 Å². The molecule has 0 aliphatic heterocycles. The van der Waals surface area contributed by atoms with Crippen molar-refractivity contribution in [3.8, 4) is 0 Å². The van der Waals surface area contributed by atoms with Crippen LogP contribution in [0.15, 0.2) is 52.2 Å². The number of H-pyrrole nitrogens is 1. The number of carbonyl (C=O) groups is 1. The Morgan fingerprint density at radius 2 is 2.00 bits per heavy atom. The Morgan fingerprint density at radius 3 is 2.78 bits per heavy atom. The van der Waals surface area contributed by atoms with Gasteiger partial charge in [-0.3, -0.25) is 9.59 Å². The van der Waals surface area contributed by atoms with Crippen LogP contribution in [-0.4, -0.2) is 15.9 Å². The molecule has 4 rings (SSSR count). The van der Waals surface area contributed by atoms with Gasteiger partial charge in [-0.15, -0.1) is 23.1 Å². The molecule has 0 spiro atoms. The number of nitrogens with zero attached hydrogens (tertiary/aromatic N) is 1. The summed E-state index contributed by atoms with van der Waals surface area (Å²) in [6.45, 7) is 6.05. The van der Waals surface area contributed by atoms with Crippen LogP contribution in [0.1, 0.15) is 37.7 Å². The average molecular weight is 468 g/mol. The predicted molar refractivity (Wildman–Crippen MR) is 128 cm³/mol. The fraction of sp³-hybridized carbons (Fsp3) is 0.208. The summed E-state index contributed by atoms with van der Waals surface area (Å²) in [5.74, 6) is 0.437. The van der Waals surface area contributed by atoms with E-state index in [4.69, 9.17) is 0 Å². The first-order valence-corrected chi connectivity index (χ1v) is 11.9. The van der Waals surface area contributed by atoms with Crippen LogP contribution >= 0.6 is 23.1 Å². The van der Waals surface area contributed by atoms with Gasteiger partial charge in [0, 0.05) is 11.4 Å². The zero-order valence-corrected chi connectivity index (χ0v) is 19.5. The van der Waals surface area contributed by atoms with Gasteiger partial charge in [-0.2, -0.15) is 0 Å². The van der Waals surface area contributed by atoms with Gasteiger partial charge in [0.25, 0.3) is 11.5 Å². The van der Waals surface area contributed by atoms with Crippen molar-refractivity contribution < 1.29 is 9.18 Å². The molecular formula is C24H22FN3O2S2. The molecule has 2 N–H and O–H groups in total. The zero-order chi connectivity index (χ0) is 22.8. The van der Waals surface area contributed by atoms with Gasteiger partial charge in [-0.1, -0.05) is 29.8 Å². The van der Waals surface area contributed by atoms with Gasteiger partial charge in [0.1, 0.15) is 16.5 Å². The second-order valence-electron chi connectivity index (χ2n) is 7.62. The van der Waals surface area contributed by atoms with Crippen LogP contribution in [0.2, 0.25) is 0 Å². The number of aromatic amines is 1. The quantitative estimate of drug-likeness (QED) is 0.379. The van der Waals surface area contributed by atoms with Gasteiger partial charge in [0.15, 0.2) is 0 Å². The monoisotopic (exact) mass is 467 g/mol. The summed E-state index contributed by atoms with van der Waals surface area (Å²) < 4.78 is 13.4. The molecule has 2 heterocycles. The Morgan fingerprint density at radius 1 is 1.19 bits per heavy atom. The van der Waals surface area contributed by atoms with Gasteiger partial charge < -0.3 is 10.3 Å². The number of halogens is 1. The number of carbonyl (C=O) groups excluding carboxylic acids is 1. The van der Waals surface area contributed by atoms with Gasteiger partial charge in [0.2, 0.25) is 0 Å². The molecule has 0 unspecified atom stereocenters. The molecule has 0 aliphatic rings. The molecular weight excluding hydrogens is 445 g/mol. The van der Waals surface area contributed by atoms with Gasteiger partial charge in [-0.05, 0) is 55.7 Å². The number of hydrogen-bond acceptors (Lipinski definition) is 5. The lowest BCUT2D eigenvalue weighted by molar-refractivity contribution is 0.0954. The molecule has 32 heavy (non-hydrogen) atoms. The van der Waals surface area contributed by atoms with Crippen molar-refractivity contribution in [2.24, 2.45) is 0 Å². The highest BCUT2D eigenvalue weighted by Gasteiger charge is 2.19. The van der Waals surface area contributed by atoms with Gasteiger partial charge in [-0.25, -0.2) is 9.37 Å². The molecule has 5 nitrogen and oxygen atoms in total. The molecule has 0 saturated carbocycles. The van der Waals surface area contributed by atoms with Crippen molar-refractivity contribution in [2.75, 3.05) is 0 Å². The number of thiophene rings is 1. The van der Waals surface area contributed by atoms with E-state index in [0.29, 0.717) is 37.8 Å². The Kier molecular flexibility index (Phi) is 6.43. The minimum absolute atomic E-state index is 0.200. The first-order valence-electron chi connectivity index (χ1n) is 10.1. The standard InChI is InChI=1S/C24H22FN3O2S2/c1-13-7-8-14(2)18(9-13)31-12-19-27-22(29)20-15(3)21(32-24(20)28-19)23(30)26-11-16-5-4-6-17(25)10-16/h4-10H,11-12H2,1-3H3,(H,26,30)(H,27,28,29). The van der Waals surface area contributed by atoms with Crippen molar-refractivity contribution in [3.63, 3.8) is 0 Å². The number of amides is 1. The van der Waals surface area contributed by atoms with E-state index in [9.17, 15) is 14.0 Å². The van der Waals surface area contributed by atoms with Gasteiger partial charge >= 0.3 is 0 Å². The third-order valence-corrected chi connectivity index (χ3v) is 7.46. The lowest BCUT2D eigenvalue weighted by atomic mass is 10.2.